The van der Waals surface area contributed by atoms with Crippen molar-refractivity contribution in [1.82, 2.24) is 10.3 Å². The van der Waals surface area contributed by atoms with Gasteiger partial charge in [-0.2, -0.15) is 0 Å². The predicted molar refractivity (Wildman–Crippen MR) is 127 cm³/mol. The van der Waals surface area contributed by atoms with Crippen molar-refractivity contribution in [3.05, 3.63) is 53.0 Å². The minimum atomic E-state index is 0.0536. The van der Waals surface area contributed by atoms with E-state index < -0.39 is 0 Å². The van der Waals surface area contributed by atoms with Crippen molar-refractivity contribution in [2.75, 3.05) is 14.2 Å². The number of ether oxygens (including phenoxy) is 2. The summed E-state index contributed by atoms with van der Waals surface area (Å²) in [6.07, 6.45) is 8.12. The Bertz CT molecular complexity index is 1050. The van der Waals surface area contributed by atoms with Crippen LogP contribution in [0.3, 0.4) is 0 Å². The van der Waals surface area contributed by atoms with Gasteiger partial charge in [0, 0.05) is 6.04 Å². The molecule has 5 nitrogen and oxygen atoms in total. The van der Waals surface area contributed by atoms with Crippen molar-refractivity contribution in [2.45, 2.75) is 44.6 Å². The van der Waals surface area contributed by atoms with Crippen LogP contribution < -0.4 is 14.8 Å². The number of amides is 1. The second kappa shape index (κ2) is 9.96. The molecule has 0 aliphatic heterocycles. The normalized spacial score (nSPS) is 15.1. The molecule has 0 unspecified atom stereocenters. The fourth-order valence-electron chi connectivity index (χ4n) is 4.04. The molecule has 0 saturated heterocycles. The molecule has 0 bridgehead atoms. The lowest BCUT2D eigenvalue weighted by atomic mass is 9.95. The maximum atomic E-state index is 12.9. The zero-order valence-electron chi connectivity index (χ0n) is 18.0. The van der Waals surface area contributed by atoms with Gasteiger partial charge in [-0.15, -0.1) is 11.3 Å². The number of methoxy groups -OCH3 is 2. The highest BCUT2D eigenvalue weighted by atomic mass is 32.1. The molecule has 1 aromatic heterocycles. The van der Waals surface area contributed by atoms with Gasteiger partial charge in [0.25, 0.3) is 0 Å². The summed E-state index contributed by atoms with van der Waals surface area (Å²) in [6, 6.07) is 14.1. The smallest absolute Gasteiger partial charge is 0.224 e. The first-order chi connectivity index (χ1) is 15.2. The van der Waals surface area contributed by atoms with Crippen LogP contribution in [0.25, 0.3) is 21.9 Å². The van der Waals surface area contributed by atoms with E-state index in [1.807, 2.05) is 42.5 Å². The molecular formula is C25H28N2O3S. The van der Waals surface area contributed by atoms with E-state index in [2.05, 4.69) is 11.4 Å². The first kappa shape index (κ1) is 21.4. The van der Waals surface area contributed by atoms with E-state index in [1.54, 1.807) is 25.6 Å². The van der Waals surface area contributed by atoms with Gasteiger partial charge in [-0.3, -0.25) is 4.79 Å². The van der Waals surface area contributed by atoms with Crippen molar-refractivity contribution in [2.24, 2.45) is 0 Å². The number of hydrogen-bond donors (Lipinski definition) is 1. The van der Waals surface area contributed by atoms with Crippen molar-refractivity contribution in [3.8, 4) is 11.5 Å². The minimum Gasteiger partial charge on any atom is -0.493 e. The van der Waals surface area contributed by atoms with E-state index in [9.17, 15) is 4.79 Å². The monoisotopic (exact) mass is 436 g/mol. The average Bonchev–Trinajstić information content (AvgIpc) is 3.23. The Morgan fingerprint density at radius 1 is 1.10 bits per heavy atom. The molecule has 0 atom stereocenters. The molecule has 4 rings (SSSR count). The van der Waals surface area contributed by atoms with Crippen LogP contribution in [0.4, 0.5) is 0 Å². The molecule has 0 spiro atoms. The molecule has 1 fully saturated rings. The van der Waals surface area contributed by atoms with Crippen LogP contribution in [0.2, 0.25) is 0 Å². The van der Waals surface area contributed by atoms with Crippen molar-refractivity contribution >= 4 is 39.1 Å². The van der Waals surface area contributed by atoms with Gasteiger partial charge in [-0.25, -0.2) is 4.98 Å². The van der Waals surface area contributed by atoms with Crippen LogP contribution in [0.5, 0.6) is 11.5 Å². The number of aromatic nitrogens is 1. The largest absolute Gasteiger partial charge is 0.493 e. The van der Waals surface area contributed by atoms with Gasteiger partial charge in [0.15, 0.2) is 11.5 Å². The SMILES string of the molecule is COc1ccc(C=C(CC(=O)NC2CCCCC2)c2nc3ccccc3s2)cc1OC. The second-order valence-electron chi connectivity index (χ2n) is 7.85. The van der Waals surface area contributed by atoms with Crippen LogP contribution in [-0.2, 0) is 4.79 Å². The van der Waals surface area contributed by atoms with Crippen molar-refractivity contribution < 1.29 is 14.3 Å². The maximum absolute atomic E-state index is 12.9. The summed E-state index contributed by atoms with van der Waals surface area (Å²) in [6.45, 7) is 0. The molecule has 3 aromatic rings. The van der Waals surface area contributed by atoms with E-state index in [4.69, 9.17) is 14.5 Å². The third-order valence-corrected chi connectivity index (χ3v) is 6.75. The quantitative estimate of drug-likeness (QED) is 0.517. The summed E-state index contributed by atoms with van der Waals surface area (Å²) in [5.74, 6) is 1.39. The summed E-state index contributed by atoms with van der Waals surface area (Å²) in [5, 5.41) is 4.10. The van der Waals surface area contributed by atoms with Gasteiger partial charge in [0.05, 0.1) is 30.9 Å². The van der Waals surface area contributed by atoms with Crippen LogP contribution in [0.15, 0.2) is 42.5 Å². The number of fused-ring (bicyclic) bond motifs is 1. The van der Waals surface area contributed by atoms with Crippen molar-refractivity contribution in [3.63, 3.8) is 0 Å². The Morgan fingerprint density at radius 3 is 2.61 bits per heavy atom. The molecule has 1 saturated carbocycles. The highest BCUT2D eigenvalue weighted by molar-refractivity contribution is 7.19. The van der Waals surface area contributed by atoms with Gasteiger partial charge in [0.2, 0.25) is 5.91 Å². The Balaban J connectivity index is 1.64. The highest BCUT2D eigenvalue weighted by Crippen LogP contribution is 2.33. The predicted octanol–water partition coefficient (Wildman–Crippen LogP) is 5.69. The summed E-state index contributed by atoms with van der Waals surface area (Å²) < 4.78 is 11.9. The van der Waals surface area contributed by atoms with Crippen LogP contribution >= 0.6 is 11.3 Å². The number of thiazole rings is 1. The molecule has 1 N–H and O–H groups in total. The third-order valence-electron chi connectivity index (χ3n) is 5.64. The zero-order valence-corrected chi connectivity index (χ0v) is 18.8. The lowest BCUT2D eigenvalue weighted by molar-refractivity contribution is -0.120. The molecule has 0 radical (unpaired) electrons. The Morgan fingerprint density at radius 2 is 1.87 bits per heavy atom. The molecule has 1 heterocycles. The first-order valence-corrected chi connectivity index (χ1v) is 11.6. The fourth-order valence-corrected chi connectivity index (χ4v) is 5.02. The van der Waals surface area contributed by atoms with Gasteiger partial charge < -0.3 is 14.8 Å². The summed E-state index contributed by atoms with van der Waals surface area (Å²) in [7, 11) is 3.24. The highest BCUT2D eigenvalue weighted by Gasteiger charge is 2.18. The lowest BCUT2D eigenvalue weighted by Gasteiger charge is -2.22. The number of benzene rings is 2. The number of para-hydroxylation sites is 1. The van der Waals surface area contributed by atoms with E-state index in [0.29, 0.717) is 24.0 Å². The fraction of sp³-hybridized carbons (Fsp3) is 0.360. The summed E-state index contributed by atoms with van der Waals surface area (Å²) in [4.78, 5) is 17.7. The number of rotatable bonds is 7. The molecular weight excluding hydrogens is 408 g/mol. The number of carbonyl (C=O) groups excluding carboxylic acids is 1. The molecule has 1 amide bonds. The minimum absolute atomic E-state index is 0.0536. The van der Waals surface area contributed by atoms with Gasteiger partial charge in [0.1, 0.15) is 5.01 Å². The zero-order chi connectivity index (χ0) is 21.6. The van der Waals surface area contributed by atoms with Crippen LogP contribution in [-0.4, -0.2) is 31.2 Å². The summed E-state index contributed by atoms with van der Waals surface area (Å²) in [5.41, 5.74) is 2.80. The molecule has 6 heteroatoms. The van der Waals surface area contributed by atoms with Crippen molar-refractivity contribution in [1.29, 1.82) is 0 Å². The topological polar surface area (TPSA) is 60.5 Å². The molecule has 162 valence electrons. The second-order valence-corrected chi connectivity index (χ2v) is 8.88. The molecule has 1 aliphatic carbocycles. The Labute approximate surface area is 187 Å². The van der Waals surface area contributed by atoms with Gasteiger partial charge in [-0.05, 0) is 54.3 Å². The van der Waals surface area contributed by atoms with Crippen LogP contribution in [0.1, 0.15) is 49.1 Å². The lowest BCUT2D eigenvalue weighted by Crippen LogP contribution is -2.36. The first-order valence-electron chi connectivity index (χ1n) is 10.7. The van der Waals surface area contributed by atoms with Gasteiger partial charge in [-0.1, -0.05) is 37.5 Å². The number of nitrogens with one attached hydrogen (secondary N) is 1. The number of carbonyl (C=O) groups is 1. The maximum Gasteiger partial charge on any atom is 0.224 e. The van der Waals surface area contributed by atoms with E-state index >= 15 is 0 Å². The van der Waals surface area contributed by atoms with Gasteiger partial charge >= 0.3 is 0 Å². The molecule has 2 aromatic carbocycles. The van der Waals surface area contributed by atoms with E-state index in [-0.39, 0.29) is 5.91 Å². The average molecular weight is 437 g/mol. The molecule has 1 aliphatic rings. The van der Waals surface area contributed by atoms with E-state index in [1.165, 1.54) is 19.3 Å². The number of nitrogens with zero attached hydrogens (tertiary/aromatic N) is 1. The third kappa shape index (κ3) is 5.25. The Kier molecular flexibility index (Phi) is 6.87. The number of hydrogen-bond acceptors (Lipinski definition) is 5. The standard InChI is InChI=1S/C25H28N2O3S/c1-29-21-13-12-17(15-22(21)30-2)14-18(16-24(28)26-19-8-4-3-5-9-19)25-27-20-10-6-7-11-23(20)31-25/h6-7,10-15,19H,3-5,8-9,16H2,1-2H3,(H,26,28). The summed E-state index contributed by atoms with van der Waals surface area (Å²) >= 11 is 1.61. The van der Waals surface area contributed by atoms with Crippen LogP contribution in [0, 0.1) is 0 Å². The molecule has 31 heavy (non-hydrogen) atoms. The Hall–Kier alpha value is -2.86. The van der Waals surface area contributed by atoms with E-state index in [0.717, 1.165) is 39.2 Å².